The Balaban J connectivity index is 1.89. The first kappa shape index (κ1) is 10.1. The topological polar surface area (TPSA) is 9.23 Å². The molecule has 0 aliphatic heterocycles. The van der Waals surface area contributed by atoms with Crippen LogP contribution in [0, 0.1) is 11.3 Å². The van der Waals surface area contributed by atoms with Crippen molar-refractivity contribution in [1.29, 1.82) is 0 Å². The number of hydrogen-bond donors (Lipinski definition) is 0. The standard InChI is InChI=1S/C13H22O/c1-14-10-6-12-5-9-13(11-12)7-3-2-4-8-13/h6,10,12H,2-5,7-9,11H2,1H3/b10-6+. The zero-order valence-corrected chi connectivity index (χ0v) is 9.30. The maximum absolute atomic E-state index is 5.00. The molecule has 1 atom stereocenters. The molecule has 1 unspecified atom stereocenters. The molecule has 2 fully saturated rings. The lowest BCUT2D eigenvalue weighted by atomic mass is 9.72. The summed E-state index contributed by atoms with van der Waals surface area (Å²) >= 11 is 0. The smallest absolute Gasteiger partial charge is 0.0787 e. The molecule has 1 heteroatoms. The van der Waals surface area contributed by atoms with Crippen molar-refractivity contribution in [2.75, 3.05) is 7.11 Å². The second-order valence-electron chi connectivity index (χ2n) is 5.13. The SMILES string of the molecule is CO/C=C/C1CCC2(CCCCC2)C1. The summed E-state index contributed by atoms with van der Waals surface area (Å²) in [5.74, 6) is 0.799. The Hall–Kier alpha value is -0.460. The van der Waals surface area contributed by atoms with Crippen LogP contribution in [-0.4, -0.2) is 7.11 Å². The molecular formula is C13H22O. The zero-order valence-electron chi connectivity index (χ0n) is 9.30. The molecule has 1 nitrogen and oxygen atoms in total. The maximum atomic E-state index is 5.00. The van der Waals surface area contributed by atoms with Gasteiger partial charge in [-0.1, -0.05) is 19.3 Å². The second-order valence-corrected chi connectivity index (χ2v) is 5.13. The zero-order chi connectivity index (χ0) is 9.86. The lowest BCUT2D eigenvalue weighted by molar-refractivity contribution is 0.192. The van der Waals surface area contributed by atoms with Gasteiger partial charge in [0.25, 0.3) is 0 Å². The van der Waals surface area contributed by atoms with Gasteiger partial charge in [-0.15, -0.1) is 0 Å². The van der Waals surface area contributed by atoms with E-state index in [1.807, 2.05) is 6.26 Å². The van der Waals surface area contributed by atoms with E-state index in [2.05, 4.69) is 6.08 Å². The third kappa shape index (κ3) is 2.13. The first-order valence-corrected chi connectivity index (χ1v) is 6.04. The Bertz CT molecular complexity index is 201. The van der Waals surface area contributed by atoms with Crippen molar-refractivity contribution in [3.05, 3.63) is 12.3 Å². The summed E-state index contributed by atoms with van der Waals surface area (Å²) in [6.07, 6.45) is 15.8. The highest BCUT2D eigenvalue weighted by Gasteiger charge is 2.38. The van der Waals surface area contributed by atoms with Crippen molar-refractivity contribution in [3.63, 3.8) is 0 Å². The van der Waals surface area contributed by atoms with Crippen molar-refractivity contribution < 1.29 is 4.74 Å². The van der Waals surface area contributed by atoms with Gasteiger partial charge < -0.3 is 4.74 Å². The summed E-state index contributed by atoms with van der Waals surface area (Å²) in [5, 5.41) is 0. The van der Waals surface area contributed by atoms with E-state index in [1.54, 1.807) is 7.11 Å². The molecule has 0 amide bonds. The van der Waals surface area contributed by atoms with E-state index < -0.39 is 0 Å². The molecule has 0 aromatic carbocycles. The number of methoxy groups -OCH3 is 1. The molecule has 0 saturated heterocycles. The van der Waals surface area contributed by atoms with Crippen molar-refractivity contribution in [3.8, 4) is 0 Å². The molecule has 0 heterocycles. The van der Waals surface area contributed by atoms with Crippen molar-refractivity contribution in [2.45, 2.75) is 51.4 Å². The van der Waals surface area contributed by atoms with Crippen molar-refractivity contribution in [2.24, 2.45) is 11.3 Å². The van der Waals surface area contributed by atoms with E-state index in [0.29, 0.717) is 0 Å². The molecule has 80 valence electrons. The molecule has 0 N–H and O–H groups in total. The Morgan fingerprint density at radius 3 is 2.64 bits per heavy atom. The first-order valence-electron chi connectivity index (χ1n) is 6.04. The molecule has 0 aromatic rings. The average Bonchev–Trinajstić information content (AvgIpc) is 2.60. The summed E-state index contributed by atoms with van der Waals surface area (Å²) < 4.78 is 5.00. The van der Waals surface area contributed by atoms with Gasteiger partial charge in [-0.2, -0.15) is 0 Å². The highest BCUT2D eigenvalue weighted by atomic mass is 16.5. The van der Waals surface area contributed by atoms with Crippen LogP contribution in [0.3, 0.4) is 0 Å². The number of allylic oxidation sites excluding steroid dienone is 1. The number of hydrogen-bond acceptors (Lipinski definition) is 1. The molecule has 1 spiro atoms. The number of rotatable bonds is 2. The van der Waals surface area contributed by atoms with Crippen LogP contribution in [0.5, 0.6) is 0 Å². The van der Waals surface area contributed by atoms with Gasteiger partial charge >= 0.3 is 0 Å². The van der Waals surface area contributed by atoms with Gasteiger partial charge in [0.05, 0.1) is 13.4 Å². The van der Waals surface area contributed by atoms with E-state index in [9.17, 15) is 0 Å². The summed E-state index contributed by atoms with van der Waals surface area (Å²) in [7, 11) is 1.74. The third-order valence-electron chi connectivity index (χ3n) is 4.14. The quantitative estimate of drug-likeness (QED) is 0.606. The predicted molar refractivity (Wildman–Crippen MR) is 59.0 cm³/mol. The van der Waals surface area contributed by atoms with Gasteiger partial charge in [0.15, 0.2) is 0 Å². The molecule has 2 saturated carbocycles. The normalized spacial score (nSPS) is 31.4. The van der Waals surface area contributed by atoms with E-state index in [-0.39, 0.29) is 0 Å². The van der Waals surface area contributed by atoms with Crippen LogP contribution in [-0.2, 0) is 4.74 Å². The van der Waals surface area contributed by atoms with Crippen LogP contribution in [0.2, 0.25) is 0 Å². The minimum absolute atomic E-state index is 0.737. The van der Waals surface area contributed by atoms with Crippen LogP contribution >= 0.6 is 0 Å². The fraction of sp³-hybridized carbons (Fsp3) is 0.846. The second kappa shape index (κ2) is 4.37. The fourth-order valence-electron chi connectivity index (χ4n) is 3.36. The van der Waals surface area contributed by atoms with Gasteiger partial charge in [-0.25, -0.2) is 0 Å². The van der Waals surface area contributed by atoms with Crippen LogP contribution in [0.25, 0.3) is 0 Å². The Kier molecular flexibility index (Phi) is 3.15. The van der Waals surface area contributed by atoms with Crippen LogP contribution < -0.4 is 0 Å². The summed E-state index contributed by atoms with van der Waals surface area (Å²) in [6, 6.07) is 0. The molecule has 2 rings (SSSR count). The van der Waals surface area contributed by atoms with Gasteiger partial charge in [-0.05, 0) is 49.5 Å². The van der Waals surface area contributed by atoms with E-state index in [1.165, 1.54) is 51.4 Å². The highest BCUT2D eigenvalue weighted by Crippen LogP contribution is 2.51. The third-order valence-corrected chi connectivity index (χ3v) is 4.14. The minimum atomic E-state index is 0.737. The predicted octanol–water partition coefficient (Wildman–Crippen LogP) is 3.90. The molecule has 0 radical (unpaired) electrons. The van der Waals surface area contributed by atoms with Gasteiger partial charge in [0.2, 0.25) is 0 Å². The minimum Gasteiger partial charge on any atom is -0.505 e. The maximum Gasteiger partial charge on any atom is 0.0787 e. The molecule has 0 aromatic heterocycles. The van der Waals surface area contributed by atoms with Crippen molar-refractivity contribution >= 4 is 0 Å². The molecular weight excluding hydrogens is 172 g/mol. The molecule has 14 heavy (non-hydrogen) atoms. The Morgan fingerprint density at radius 1 is 1.14 bits per heavy atom. The van der Waals surface area contributed by atoms with E-state index in [0.717, 1.165) is 11.3 Å². The number of ether oxygens (including phenoxy) is 1. The summed E-state index contributed by atoms with van der Waals surface area (Å²) in [4.78, 5) is 0. The van der Waals surface area contributed by atoms with Crippen LogP contribution in [0.15, 0.2) is 12.3 Å². The lowest BCUT2D eigenvalue weighted by Crippen LogP contribution is -2.20. The average molecular weight is 194 g/mol. The van der Waals surface area contributed by atoms with Crippen LogP contribution in [0.4, 0.5) is 0 Å². The van der Waals surface area contributed by atoms with Gasteiger partial charge in [0.1, 0.15) is 0 Å². The van der Waals surface area contributed by atoms with Gasteiger partial charge in [0, 0.05) is 0 Å². The largest absolute Gasteiger partial charge is 0.505 e. The van der Waals surface area contributed by atoms with E-state index >= 15 is 0 Å². The molecule has 2 aliphatic rings. The fourth-order valence-corrected chi connectivity index (χ4v) is 3.36. The molecule has 0 bridgehead atoms. The Labute approximate surface area is 87.5 Å². The Morgan fingerprint density at radius 2 is 1.93 bits per heavy atom. The monoisotopic (exact) mass is 194 g/mol. The lowest BCUT2D eigenvalue weighted by Gasteiger charge is -2.33. The first-order chi connectivity index (χ1) is 6.85. The van der Waals surface area contributed by atoms with Gasteiger partial charge in [-0.3, -0.25) is 0 Å². The summed E-state index contributed by atoms with van der Waals surface area (Å²) in [6.45, 7) is 0. The van der Waals surface area contributed by atoms with Crippen molar-refractivity contribution in [1.82, 2.24) is 0 Å². The highest BCUT2D eigenvalue weighted by molar-refractivity contribution is 4.97. The van der Waals surface area contributed by atoms with Crippen LogP contribution in [0.1, 0.15) is 51.4 Å². The molecule has 2 aliphatic carbocycles. The van der Waals surface area contributed by atoms with E-state index in [4.69, 9.17) is 4.74 Å². The summed E-state index contributed by atoms with van der Waals surface area (Å²) in [5.41, 5.74) is 0.737.